The van der Waals surface area contributed by atoms with E-state index in [4.69, 9.17) is 4.74 Å². The topological polar surface area (TPSA) is 21.3 Å². The molecule has 2 aromatic rings. The van der Waals surface area contributed by atoms with Crippen molar-refractivity contribution < 1.29 is 4.74 Å². The SMILES string of the molecule is CCOCc1ccccc1NCc1ccccc1. The van der Waals surface area contributed by atoms with Crippen LogP contribution in [0.4, 0.5) is 5.69 Å². The highest BCUT2D eigenvalue weighted by Crippen LogP contribution is 2.17. The van der Waals surface area contributed by atoms with Crippen LogP contribution in [-0.2, 0) is 17.9 Å². The number of hydrogen-bond acceptors (Lipinski definition) is 2. The van der Waals surface area contributed by atoms with Gasteiger partial charge >= 0.3 is 0 Å². The highest BCUT2D eigenvalue weighted by Gasteiger charge is 2.01. The van der Waals surface area contributed by atoms with Crippen LogP contribution in [0.25, 0.3) is 0 Å². The summed E-state index contributed by atoms with van der Waals surface area (Å²) >= 11 is 0. The molecule has 2 heteroatoms. The Morgan fingerprint density at radius 2 is 1.67 bits per heavy atom. The second kappa shape index (κ2) is 6.82. The van der Waals surface area contributed by atoms with Crippen molar-refractivity contribution >= 4 is 5.69 Å². The molecule has 0 amide bonds. The minimum atomic E-state index is 0.661. The summed E-state index contributed by atoms with van der Waals surface area (Å²) in [6.45, 7) is 4.26. The Morgan fingerprint density at radius 1 is 0.944 bits per heavy atom. The van der Waals surface area contributed by atoms with E-state index < -0.39 is 0 Å². The molecule has 2 nitrogen and oxygen atoms in total. The van der Waals surface area contributed by atoms with Crippen molar-refractivity contribution in [3.8, 4) is 0 Å². The first kappa shape index (κ1) is 12.7. The molecule has 2 aromatic carbocycles. The lowest BCUT2D eigenvalue weighted by Gasteiger charge is -2.12. The molecule has 0 aliphatic rings. The van der Waals surface area contributed by atoms with Crippen LogP contribution in [0.15, 0.2) is 54.6 Å². The molecule has 0 saturated carbocycles. The predicted molar refractivity (Wildman–Crippen MR) is 75.5 cm³/mol. The van der Waals surface area contributed by atoms with Crippen LogP contribution in [0.5, 0.6) is 0 Å². The summed E-state index contributed by atoms with van der Waals surface area (Å²) < 4.78 is 5.47. The molecule has 0 aliphatic heterocycles. The van der Waals surface area contributed by atoms with E-state index in [0.29, 0.717) is 6.61 Å². The molecular formula is C16H19NO. The smallest absolute Gasteiger partial charge is 0.0736 e. The van der Waals surface area contributed by atoms with Gasteiger partial charge in [0.15, 0.2) is 0 Å². The third-order valence-electron chi connectivity index (χ3n) is 2.80. The van der Waals surface area contributed by atoms with E-state index in [1.165, 1.54) is 11.1 Å². The van der Waals surface area contributed by atoms with Gasteiger partial charge in [0, 0.05) is 24.4 Å². The van der Waals surface area contributed by atoms with E-state index in [9.17, 15) is 0 Å². The highest BCUT2D eigenvalue weighted by molar-refractivity contribution is 5.51. The fraction of sp³-hybridized carbons (Fsp3) is 0.250. The van der Waals surface area contributed by atoms with Crippen molar-refractivity contribution in [2.24, 2.45) is 0 Å². The Balaban J connectivity index is 2.00. The maximum atomic E-state index is 5.47. The minimum Gasteiger partial charge on any atom is -0.381 e. The van der Waals surface area contributed by atoms with Gasteiger partial charge < -0.3 is 10.1 Å². The molecule has 1 N–H and O–H groups in total. The molecule has 0 unspecified atom stereocenters. The minimum absolute atomic E-state index is 0.661. The van der Waals surface area contributed by atoms with Crippen LogP contribution in [0.3, 0.4) is 0 Å². The lowest BCUT2D eigenvalue weighted by atomic mass is 10.1. The van der Waals surface area contributed by atoms with Gasteiger partial charge in [0.1, 0.15) is 0 Å². The Morgan fingerprint density at radius 3 is 2.44 bits per heavy atom. The molecule has 0 bridgehead atoms. The molecule has 94 valence electrons. The van der Waals surface area contributed by atoms with E-state index in [2.05, 4.69) is 41.7 Å². The molecule has 0 radical (unpaired) electrons. The van der Waals surface area contributed by atoms with Crippen LogP contribution in [0.1, 0.15) is 18.1 Å². The first-order valence-electron chi connectivity index (χ1n) is 6.33. The van der Waals surface area contributed by atoms with Gasteiger partial charge in [-0.3, -0.25) is 0 Å². The Kier molecular flexibility index (Phi) is 4.79. The summed E-state index contributed by atoms with van der Waals surface area (Å²) in [5.74, 6) is 0. The first-order chi connectivity index (χ1) is 8.90. The Hall–Kier alpha value is -1.80. The lowest BCUT2D eigenvalue weighted by molar-refractivity contribution is 0.134. The van der Waals surface area contributed by atoms with Gasteiger partial charge in [0.25, 0.3) is 0 Å². The van der Waals surface area contributed by atoms with Crippen molar-refractivity contribution in [1.29, 1.82) is 0 Å². The average molecular weight is 241 g/mol. The molecule has 0 aromatic heterocycles. The van der Waals surface area contributed by atoms with Gasteiger partial charge in [-0.1, -0.05) is 48.5 Å². The molecule has 2 rings (SSSR count). The van der Waals surface area contributed by atoms with E-state index in [1.54, 1.807) is 0 Å². The molecule has 18 heavy (non-hydrogen) atoms. The summed E-state index contributed by atoms with van der Waals surface area (Å²) in [7, 11) is 0. The average Bonchev–Trinajstić information content (AvgIpc) is 2.45. The number of anilines is 1. The fourth-order valence-electron chi connectivity index (χ4n) is 1.82. The number of para-hydroxylation sites is 1. The van der Waals surface area contributed by atoms with Crippen LogP contribution in [0.2, 0.25) is 0 Å². The molecule has 0 aliphatic carbocycles. The zero-order valence-corrected chi connectivity index (χ0v) is 10.7. The quantitative estimate of drug-likeness (QED) is 0.829. The lowest BCUT2D eigenvalue weighted by Crippen LogP contribution is -2.03. The van der Waals surface area contributed by atoms with Crippen molar-refractivity contribution in [3.63, 3.8) is 0 Å². The molecule has 0 spiro atoms. The van der Waals surface area contributed by atoms with Crippen LogP contribution in [0, 0.1) is 0 Å². The summed E-state index contributed by atoms with van der Waals surface area (Å²) in [5.41, 5.74) is 3.63. The van der Waals surface area contributed by atoms with Gasteiger partial charge in [-0.25, -0.2) is 0 Å². The van der Waals surface area contributed by atoms with Gasteiger partial charge in [0.2, 0.25) is 0 Å². The maximum Gasteiger partial charge on any atom is 0.0736 e. The van der Waals surface area contributed by atoms with E-state index >= 15 is 0 Å². The van der Waals surface area contributed by atoms with Crippen LogP contribution < -0.4 is 5.32 Å². The number of ether oxygens (including phenoxy) is 1. The van der Waals surface area contributed by atoms with Crippen LogP contribution in [-0.4, -0.2) is 6.61 Å². The first-order valence-corrected chi connectivity index (χ1v) is 6.33. The largest absolute Gasteiger partial charge is 0.381 e. The maximum absolute atomic E-state index is 5.47. The summed E-state index contributed by atoms with van der Waals surface area (Å²) in [4.78, 5) is 0. The van der Waals surface area contributed by atoms with Crippen molar-refractivity contribution in [1.82, 2.24) is 0 Å². The number of hydrogen-bond donors (Lipinski definition) is 1. The number of rotatable bonds is 6. The van der Waals surface area contributed by atoms with Crippen LogP contribution >= 0.6 is 0 Å². The van der Waals surface area contributed by atoms with Gasteiger partial charge in [-0.2, -0.15) is 0 Å². The molecule has 0 saturated heterocycles. The standard InChI is InChI=1S/C16H19NO/c1-2-18-13-15-10-6-7-11-16(15)17-12-14-8-4-3-5-9-14/h3-11,17H,2,12-13H2,1H3. The molecule has 0 atom stereocenters. The molecular weight excluding hydrogens is 222 g/mol. The van der Waals surface area contributed by atoms with Gasteiger partial charge in [0.05, 0.1) is 6.61 Å². The number of benzene rings is 2. The predicted octanol–water partition coefficient (Wildman–Crippen LogP) is 3.84. The second-order valence-electron chi connectivity index (χ2n) is 4.13. The fourth-order valence-corrected chi connectivity index (χ4v) is 1.82. The second-order valence-corrected chi connectivity index (χ2v) is 4.13. The third kappa shape index (κ3) is 3.60. The molecule has 0 fully saturated rings. The van der Waals surface area contributed by atoms with Crippen molar-refractivity contribution in [3.05, 3.63) is 65.7 Å². The Labute approximate surface area is 109 Å². The molecule has 0 heterocycles. The van der Waals surface area contributed by atoms with E-state index in [0.717, 1.165) is 18.8 Å². The highest BCUT2D eigenvalue weighted by atomic mass is 16.5. The van der Waals surface area contributed by atoms with Gasteiger partial charge in [-0.05, 0) is 18.6 Å². The summed E-state index contributed by atoms with van der Waals surface area (Å²) in [6.07, 6.45) is 0. The monoisotopic (exact) mass is 241 g/mol. The normalized spacial score (nSPS) is 10.3. The zero-order chi connectivity index (χ0) is 12.6. The Bertz CT molecular complexity index is 468. The van der Waals surface area contributed by atoms with E-state index in [1.807, 2.05) is 25.1 Å². The summed E-state index contributed by atoms with van der Waals surface area (Å²) in [5, 5.41) is 3.46. The zero-order valence-electron chi connectivity index (χ0n) is 10.7. The third-order valence-corrected chi connectivity index (χ3v) is 2.80. The van der Waals surface area contributed by atoms with Gasteiger partial charge in [-0.15, -0.1) is 0 Å². The van der Waals surface area contributed by atoms with E-state index in [-0.39, 0.29) is 0 Å². The van der Waals surface area contributed by atoms with Crippen molar-refractivity contribution in [2.75, 3.05) is 11.9 Å². The van der Waals surface area contributed by atoms with Crippen molar-refractivity contribution in [2.45, 2.75) is 20.1 Å². The summed E-state index contributed by atoms with van der Waals surface area (Å²) in [6, 6.07) is 18.7. The number of nitrogens with one attached hydrogen (secondary N) is 1.